The van der Waals surface area contributed by atoms with Gasteiger partial charge in [0.1, 0.15) is 6.04 Å². The number of nitrogens with zero attached hydrogens (tertiary/aromatic N) is 2. The standard InChI is InChI=1S/C26H48N4O5/c1-16(2)22(13-19(7)24(33)27-14-20(32)15-31)29(8)26(35)23(17(3)4)28-25(34)21-11-9-10-12-30(21)18(5)6/h13,16-18,20-23,31-32H,9-12,14-15H2,1-8H3,(H,27,33)(H,28,34)/b19-13+/t20-,21+,22+,23?/m0/s1. The van der Waals surface area contributed by atoms with E-state index in [9.17, 15) is 19.5 Å². The monoisotopic (exact) mass is 496 g/mol. The second-order valence-corrected chi connectivity index (χ2v) is 10.7. The van der Waals surface area contributed by atoms with Crippen LogP contribution >= 0.6 is 0 Å². The van der Waals surface area contributed by atoms with Crippen LogP contribution in [0.4, 0.5) is 0 Å². The molecule has 1 fully saturated rings. The molecule has 0 bridgehead atoms. The number of amides is 3. The van der Waals surface area contributed by atoms with Crippen LogP contribution in [0.2, 0.25) is 0 Å². The van der Waals surface area contributed by atoms with Gasteiger partial charge in [0, 0.05) is 25.2 Å². The largest absolute Gasteiger partial charge is 0.394 e. The van der Waals surface area contributed by atoms with Crippen molar-refractivity contribution in [2.45, 2.75) is 98.0 Å². The van der Waals surface area contributed by atoms with Crippen molar-refractivity contribution in [3.63, 3.8) is 0 Å². The Labute approximate surface area is 211 Å². The summed E-state index contributed by atoms with van der Waals surface area (Å²) in [5.41, 5.74) is 0.411. The lowest BCUT2D eigenvalue weighted by molar-refractivity contribution is -0.140. The summed E-state index contributed by atoms with van der Waals surface area (Å²) in [6, 6.07) is -1.02. The molecule has 1 saturated heterocycles. The summed E-state index contributed by atoms with van der Waals surface area (Å²) in [4.78, 5) is 43.1. The molecule has 1 rings (SSSR count). The molecule has 9 heteroatoms. The second kappa shape index (κ2) is 14.6. The number of aliphatic hydroxyl groups is 2. The molecule has 0 aliphatic carbocycles. The van der Waals surface area contributed by atoms with Gasteiger partial charge in [-0.25, -0.2) is 0 Å². The van der Waals surface area contributed by atoms with E-state index in [1.807, 2.05) is 27.7 Å². The number of hydrogen-bond donors (Lipinski definition) is 4. The van der Waals surface area contributed by atoms with Gasteiger partial charge in [0.15, 0.2) is 0 Å². The fourth-order valence-corrected chi connectivity index (χ4v) is 4.48. The maximum absolute atomic E-state index is 13.6. The summed E-state index contributed by atoms with van der Waals surface area (Å²) in [6.07, 6.45) is 3.58. The quantitative estimate of drug-likeness (QED) is 0.302. The molecule has 202 valence electrons. The molecule has 1 heterocycles. The van der Waals surface area contributed by atoms with E-state index in [0.717, 1.165) is 25.8 Å². The predicted octanol–water partition coefficient (Wildman–Crippen LogP) is 1.29. The zero-order chi connectivity index (χ0) is 26.9. The van der Waals surface area contributed by atoms with Gasteiger partial charge >= 0.3 is 0 Å². The SMILES string of the molecule is C/C(=C\[C@H](C(C)C)N(C)C(=O)C(NC(=O)[C@H]1CCCCN1C(C)C)C(C)C)C(=O)NC[C@H](O)CO. The Hall–Kier alpha value is -1.97. The predicted molar refractivity (Wildman–Crippen MR) is 138 cm³/mol. The van der Waals surface area contributed by atoms with Gasteiger partial charge in [0.25, 0.3) is 0 Å². The van der Waals surface area contributed by atoms with E-state index < -0.39 is 18.8 Å². The zero-order valence-corrected chi connectivity index (χ0v) is 22.9. The normalized spacial score (nSPS) is 20.0. The van der Waals surface area contributed by atoms with Crippen molar-refractivity contribution >= 4 is 17.7 Å². The Kier molecular flexibility index (Phi) is 12.9. The average molecular weight is 497 g/mol. The molecule has 0 spiro atoms. The third-order valence-electron chi connectivity index (χ3n) is 6.71. The summed E-state index contributed by atoms with van der Waals surface area (Å²) in [5, 5.41) is 24.0. The van der Waals surface area contributed by atoms with Crippen molar-refractivity contribution in [1.82, 2.24) is 20.4 Å². The van der Waals surface area contributed by atoms with Crippen LogP contribution in [0, 0.1) is 11.8 Å². The lowest BCUT2D eigenvalue weighted by Gasteiger charge is -2.39. The number of nitrogens with one attached hydrogen (secondary N) is 2. The highest BCUT2D eigenvalue weighted by Gasteiger charge is 2.36. The molecule has 0 aromatic rings. The van der Waals surface area contributed by atoms with Crippen LogP contribution in [0.3, 0.4) is 0 Å². The van der Waals surface area contributed by atoms with Crippen molar-refractivity contribution in [1.29, 1.82) is 0 Å². The third kappa shape index (κ3) is 9.20. The Balaban J connectivity index is 3.02. The molecule has 0 aromatic carbocycles. The van der Waals surface area contributed by atoms with Crippen LogP contribution in [0.1, 0.15) is 67.7 Å². The molecular weight excluding hydrogens is 448 g/mol. The highest BCUT2D eigenvalue weighted by molar-refractivity contribution is 5.93. The van der Waals surface area contributed by atoms with E-state index in [0.29, 0.717) is 5.57 Å². The maximum Gasteiger partial charge on any atom is 0.246 e. The first-order valence-electron chi connectivity index (χ1n) is 12.9. The fraction of sp³-hybridized carbons (Fsp3) is 0.808. The van der Waals surface area contributed by atoms with E-state index in [2.05, 4.69) is 29.4 Å². The van der Waals surface area contributed by atoms with Crippen LogP contribution in [0.15, 0.2) is 11.6 Å². The van der Waals surface area contributed by atoms with Gasteiger partial charge in [-0.05, 0) is 52.0 Å². The van der Waals surface area contributed by atoms with Crippen LogP contribution in [-0.2, 0) is 14.4 Å². The molecular formula is C26H48N4O5. The molecule has 0 saturated carbocycles. The van der Waals surface area contributed by atoms with E-state index in [1.54, 1.807) is 24.9 Å². The van der Waals surface area contributed by atoms with E-state index in [1.165, 1.54) is 0 Å². The molecule has 1 unspecified atom stereocenters. The minimum Gasteiger partial charge on any atom is -0.394 e. The number of aliphatic hydroxyl groups excluding tert-OH is 2. The van der Waals surface area contributed by atoms with E-state index >= 15 is 0 Å². The smallest absolute Gasteiger partial charge is 0.246 e. The molecule has 0 aromatic heterocycles. The van der Waals surface area contributed by atoms with Crippen LogP contribution in [-0.4, -0.2) is 94.7 Å². The molecule has 4 N–H and O–H groups in total. The lowest BCUT2D eigenvalue weighted by atomic mass is 9.95. The molecule has 1 aliphatic heterocycles. The zero-order valence-electron chi connectivity index (χ0n) is 22.9. The minimum atomic E-state index is -1.02. The number of likely N-dealkylation sites (tertiary alicyclic amines) is 1. The number of likely N-dealkylation sites (N-methyl/N-ethyl adjacent to an activating group) is 1. The van der Waals surface area contributed by atoms with Crippen LogP contribution < -0.4 is 10.6 Å². The lowest BCUT2D eigenvalue weighted by Crippen LogP contribution is -2.58. The summed E-state index contributed by atoms with van der Waals surface area (Å²) < 4.78 is 0. The van der Waals surface area contributed by atoms with Crippen molar-refractivity contribution in [2.24, 2.45) is 11.8 Å². The molecule has 9 nitrogen and oxygen atoms in total. The molecule has 0 radical (unpaired) electrons. The summed E-state index contributed by atoms with van der Waals surface area (Å²) in [6.45, 7) is 14.0. The van der Waals surface area contributed by atoms with Crippen LogP contribution in [0.5, 0.6) is 0 Å². The molecule has 4 atom stereocenters. The Morgan fingerprint density at radius 1 is 1.09 bits per heavy atom. The maximum atomic E-state index is 13.6. The second-order valence-electron chi connectivity index (χ2n) is 10.7. The fourth-order valence-electron chi connectivity index (χ4n) is 4.48. The first kappa shape index (κ1) is 31.1. The first-order valence-corrected chi connectivity index (χ1v) is 12.9. The molecule has 1 aliphatic rings. The summed E-state index contributed by atoms with van der Waals surface area (Å²) in [7, 11) is 1.70. The van der Waals surface area contributed by atoms with Crippen molar-refractivity contribution < 1.29 is 24.6 Å². The Bertz CT molecular complexity index is 737. The Morgan fingerprint density at radius 2 is 1.71 bits per heavy atom. The van der Waals surface area contributed by atoms with Gasteiger partial charge in [-0.3, -0.25) is 19.3 Å². The van der Waals surface area contributed by atoms with Gasteiger partial charge in [-0.1, -0.05) is 40.2 Å². The number of hydrogen-bond acceptors (Lipinski definition) is 6. The summed E-state index contributed by atoms with van der Waals surface area (Å²) >= 11 is 0. The molecule has 3 amide bonds. The number of piperidine rings is 1. The molecule has 35 heavy (non-hydrogen) atoms. The third-order valence-corrected chi connectivity index (χ3v) is 6.71. The first-order chi connectivity index (χ1) is 16.3. The highest BCUT2D eigenvalue weighted by Crippen LogP contribution is 2.21. The van der Waals surface area contributed by atoms with Crippen molar-refractivity contribution in [3.8, 4) is 0 Å². The van der Waals surface area contributed by atoms with Crippen molar-refractivity contribution in [3.05, 3.63) is 11.6 Å². The highest BCUT2D eigenvalue weighted by atomic mass is 16.3. The van der Waals surface area contributed by atoms with Crippen LogP contribution in [0.25, 0.3) is 0 Å². The van der Waals surface area contributed by atoms with Gasteiger partial charge in [0.2, 0.25) is 17.7 Å². The van der Waals surface area contributed by atoms with E-state index in [-0.39, 0.29) is 54.2 Å². The van der Waals surface area contributed by atoms with Gasteiger partial charge in [-0.2, -0.15) is 0 Å². The average Bonchev–Trinajstić information content (AvgIpc) is 2.82. The number of carbonyl (C=O) groups is 3. The topological polar surface area (TPSA) is 122 Å². The number of rotatable bonds is 12. The van der Waals surface area contributed by atoms with Crippen molar-refractivity contribution in [2.75, 3.05) is 26.7 Å². The Morgan fingerprint density at radius 3 is 2.23 bits per heavy atom. The summed E-state index contributed by atoms with van der Waals surface area (Å²) in [5.74, 6) is -0.754. The number of carbonyl (C=O) groups excluding carboxylic acids is 3. The minimum absolute atomic E-state index is 0.0213. The van der Waals surface area contributed by atoms with Gasteiger partial charge in [-0.15, -0.1) is 0 Å². The van der Waals surface area contributed by atoms with Gasteiger partial charge in [0.05, 0.1) is 24.8 Å². The van der Waals surface area contributed by atoms with Gasteiger partial charge < -0.3 is 25.7 Å². The van der Waals surface area contributed by atoms with E-state index in [4.69, 9.17) is 5.11 Å².